The van der Waals surface area contributed by atoms with Crippen molar-refractivity contribution in [2.75, 3.05) is 12.4 Å². The summed E-state index contributed by atoms with van der Waals surface area (Å²) in [6, 6.07) is 7.91. The van der Waals surface area contributed by atoms with Crippen LogP contribution >= 0.6 is 43.2 Å². The Kier molecular flexibility index (Phi) is 5.84. The van der Waals surface area contributed by atoms with Crippen molar-refractivity contribution >= 4 is 54.9 Å². The number of hydrogen-bond donors (Lipinski definition) is 1. The maximum atomic E-state index is 11.9. The molecule has 2 rings (SSSR count). The first-order valence-electron chi connectivity index (χ1n) is 6.44. The number of methoxy groups -OCH3 is 1. The molecule has 0 aliphatic carbocycles. The van der Waals surface area contributed by atoms with Crippen LogP contribution in [-0.4, -0.2) is 13.1 Å². The lowest BCUT2D eigenvalue weighted by Gasteiger charge is -2.13. The molecule has 0 bridgehead atoms. The molecule has 0 atom stereocenters. The molecule has 1 aromatic carbocycles. The van der Waals surface area contributed by atoms with Gasteiger partial charge in [-0.25, -0.2) is 4.79 Å². The third-order valence-corrected chi connectivity index (χ3v) is 5.28. The number of aryl methyl sites for hydroxylation is 1. The van der Waals surface area contributed by atoms with Crippen LogP contribution in [0.4, 0.5) is 5.69 Å². The molecule has 1 heterocycles. The van der Waals surface area contributed by atoms with Gasteiger partial charge in [0.05, 0.1) is 18.4 Å². The molecule has 112 valence electrons. The number of carbonyl (C=O) groups is 1. The highest BCUT2D eigenvalue weighted by atomic mass is 79.9. The van der Waals surface area contributed by atoms with E-state index in [0.717, 1.165) is 21.1 Å². The van der Waals surface area contributed by atoms with Gasteiger partial charge in [-0.15, -0.1) is 11.3 Å². The van der Waals surface area contributed by atoms with Gasteiger partial charge in [-0.2, -0.15) is 0 Å². The first-order chi connectivity index (χ1) is 10.0. The molecule has 0 unspecified atom stereocenters. The number of carbonyl (C=O) groups excluding carboxylic acids is 1. The van der Waals surface area contributed by atoms with E-state index in [1.807, 2.05) is 6.07 Å². The number of hydrogen-bond acceptors (Lipinski definition) is 4. The van der Waals surface area contributed by atoms with Crippen molar-refractivity contribution in [3.63, 3.8) is 0 Å². The minimum absolute atomic E-state index is 0.361. The molecule has 1 N–H and O–H groups in total. The fourth-order valence-corrected chi connectivity index (χ4v) is 4.17. The number of nitrogens with one attached hydrogen (secondary N) is 1. The van der Waals surface area contributed by atoms with E-state index in [1.54, 1.807) is 17.4 Å². The zero-order chi connectivity index (χ0) is 15.4. The maximum absolute atomic E-state index is 11.9. The van der Waals surface area contributed by atoms with E-state index in [-0.39, 0.29) is 5.97 Å². The molecule has 0 saturated heterocycles. The Labute approximate surface area is 145 Å². The molecular formula is C15H15Br2NO2S. The van der Waals surface area contributed by atoms with E-state index in [2.05, 4.69) is 56.2 Å². The molecule has 0 aliphatic rings. The second-order valence-corrected chi connectivity index (χ2v) is 7.40. The van der Waals surface area contributed by atoms with Gasteiger partial charge in [-0.1, -0.05) is 22.9 Å². The summed E-state index contributed by atoms with van der Waals surface area (Å²) in [6.45, 7) is 2.82. The number of ether oxygens (including phenoxy) is 1. The lowest BCUT2D eigenvalue weighted by molar-refractivity contribution is 0.0601. The van der Waals surface area contributed by atoms with Gasteiger partial charge in [0.15, 0.2) is 0 Å². The first-order valence-corrected chi connectivity index (χ1v) is 8.84. The van der Waals surface area contributed by atoms with Crippen molar-refractivity contribution in [1.82, 2.24) is 0 Å². The normalized spacial score (nSPS) is 10.5. The van der Waals surface area contributed by atoms with Crippen LogP contribution in [0.15, 0.2) is 33.2 Å². The molecule has 1 aromatic heterocycles. The molecule has 0 aliphatic heterocycles. The smallest absolute Gasteiger partial charge is 0.340 e. The van der Waals surface area contributed by atoms with Crippen LogP contribution in [0.25, 0.3) is 0 Å². The molecule has 0 spiro atoms. The number of benzene rings is 1. The lowest BCUT2D eigenvalue weighted by atomic mass is 10.2. The number of rotatable bonds is 5. The summed E-state index contributed by atoms with van der Waals surface area (Å²) in [7, 11) is 1.38. The average molecular weight is 433 g/mol. The predicted octanol–water partition coefficient (Wildman–Crippen LogP) is 5.23. The molecule has 0 fully saturated rings. The van der Waals surface area contributed by atoms with E-state index in [4.69, 9.17) is 4.74 Å². The van der Waals surface area contributed by atoms with E-state index in [9.17, 15) is 4.79 Å². The topological polar surface area (TPSA) is 38.3 Å². The Morgan fingerprint density at radius 2 is 2.00 bits per heavy atom. The second-order valence-electron chi connectivity index (χ2n) is 4.38. The van der Waals surface area contributed by atoms with E-state index in [1.165, 1.54) is 16.9 Å². The predicted molar refractivity (Wildman–Crippen MR) is 94.2 cm³/mol. The third-order valence-electron chi connectivity index (χ3n) is 2.97. The van der Waals surface area contributed by atoms with Crippen LogP contribution in [0, 0.1) is 0 Å². The Hall–Kier alpha value is -0.850. The second kappa shape index (κ2) is 7.42. The Morgan fingerprint density at radius 1 is 1.29 bits per heavy atom. The Morgan fingerprint density at radius 3 is 2.62 bits per heavy atom. The van der Waals surface area contributed by atoms with E-state index < -0.39 is 0 Å². The van der Waals surface area contributed by atoms with Crippen molar-refractivity contribution < 1.29 is 9.53 Å². The number of thiophene rings is 1. The van der Waals surface area contributed by atoms with Crippen LogP contribution < -0.4 is 5.32 Å². The molecule has 0 amide bonds. The highest BCUT2D eigenvalue weighted by molar-refractivity contribution is 9.11. The molecule has 6 heteroatoms. The van der Waals surface area contributed by atoms with Crippen molar-refractivity contribution in [1.29, 1.82) is 0 Å². The van der Waals surface area contributed by atoms with E-state index in [0.29, 0.717) is 12.1 Å². The lowest BCUT2D eigenvalue weighted by Crippen LogP contribution is -2.08. The van der Waals surface area contributed by atoms with Gasteiger partial charge in [-0.05, 0) is 46.6 Å². The Bertz CT molecular complexity index is 655. The number of halogens is 2. The van der Waals surface area contributed by atoms with Crippen LogP contribution in [0.2, 0.25) is 0 Å². The summed E-state index contributed by atoms with van der Waals surface area (Å²) in [5.41, 5.74) is 1.25. The standard InChI is InChI=1S/C15H15Br2NO2S/c1-3-10-4-5-11(21-10)8-18-14-12(15(19)20-2)6-9(16)7-13(14)17/h4-7,18H,3,8H2,1-2H3. The summed E-state index contributed by atoms with van der Waals surface area (Å²) < 4.78 is 6.49. The molecule has 0 saturated carbocycles. The zero-order valence-electron chi connectivity index (χ0n) is 11.7. The molecule has 2 aromatic rings. The fourth-order valence-electron chi connectivity index (χ4n) is 1.91. The van der Waals surface area contributed by atoms with Gasteiger partial charge in [-0.3, -0.25) is 0 Å². The summed E-state index contributed by atoms with van der Waals surface area (Å²) in [5.74, 6) is -0.361. The van der Waals surface area contributed by atoms with Crippen LogP contribution in [0.1, 0.15) is 27.0 Å². The monoisotopic (exact) mass is 431 g/mol. The highest BCUT2D eigenvalue weighted by Crippen LogP contribution is 2.32. The van der Waals surface area contributed by atoms with E-state index >= 15 is 0 Å². The van der Waals surface area contributed by atoms with Gasteiger partial charge in [0.25, 0.3) is 0 Å². The molecule has 21 heavy (non-hydrogen) atoms. The van der Waals surface area contributed by atoms with Crippen molar-refractivity contribution in [2.45, 2.75) is 19.9 Å². The first kappa shape index (κ1) is 16.5. The molecule has 0 radical (unpaired) electrons. The van der Waals surface area contributed by atoms with Crippen molar-refractivity contribution in [3.8, 4) is 0 Å². The number of anilines is 1. The van der Waals surface area contributed by atoms with Gasteiger partial charge >= 0.3 is 5.97 Å². The zero-order valence-corrected chi connectivity index (χ0v) is 15.7. The van der Waals surface area contributed by atoms with Crippen LogP contribution in [0.3, 0.4) is 0 Å². The van der Waals surface area contributed by atoms with Crippen molar-refractivity contribution in [2.24, 2.45) is 0 Å². The maximum Gasteiger partial charge on any atom is 0.340 e. The van der Waals surface area contributed by atoms with Gasteiger partial charge in [0.2, 0.25) is 0 Å². The summed E-state index contributed by atoms with van der Waals surface area (Å²) in [6.07, 6.45) is 1.04. The third kappa shape index (κ3) is 4.08. The average Bonchev–Trinajstić information content (AvgIpc) is 2.92. The SMILES string of the molecule is CCc1ccc(CNc2c(Br)cc(Br)cc2C(=O)OC)s1. The Balaban J connectivity index is 2.24. The largest absolute Gasteiger partial charge is 0.465 e. The quantitative estimate of drug-likeness (QED) is 0.657. The molecular weight excluding hydrogens is 418 g/mol. The minimum atomic E-state index is -0.361. The van der Waals surface area contributed by atoms with Crippen molar-refractivity contribution in [3.05, 3.63) is 48.5 Å². The van der Waals surface area contributed by atoms with Crippen LogP contribution in [0.5, 0.6) is 0 Å². The summed E-state index contributed by atoms with van der Waals surface area (Å²) >= 11 is 8.66. The van der Waals surface area contributed by atoms with Gasteiger partial charge < -0.3 is 10.1 Å². The van der Waals surface area contributed by atoms with Gasteiger partial charge in [0, 0.05) is 25.2 Å². The fraction of sp³-hybridized carbons (Fsp3) is 0.267. The minimum Gasteiger partial charge on any atom is -0.465 e. The summed E-state index contributed by atoms with van der Waals surface area (Å²) in [4.78, 5) is 14.5. The van der Waals surface area contributed by atoms with Crippen LogP contribution in [-0.2, 0) is 17.7 Å². The summed E-state index contributed by atoms with van der Waals surface area (Å²) in [5, 5.41) is 3.32. The number of esters is 1. The molecule has 3 nitrogen and oxygen atoms in total. The highest BCUT2D eigenvalue weighted by Gasteiger charge is 2.16. The van der Waals surface area contributed by atoms with Gasteiger partial charge in [0.1, 0.15) is 0 Å².